The summed E-state index contributed by atoms with van der Waals surface area (Å²) in [5.74, 6) is 0.568. The van der Waals surface area contributed by atoms with Crippen molar-refractivity contribution in [3.63, 3.8) is 0 Å². The Balaban J connectivity index is 1.64. The maximum absolute atomic E-state index is 12.3. The van der Waals surface area contributed by atoms with Gasteiger partial charge in [-0.05, 0) is 31.0 Å². The van der Waals surface area contributed by atoms with Crippen molar-refractivity contribution in [3.05, 3.63) is 47.5 Å². The molecule has 1 N–H and O–H groups in total. The molecule has 1 aliphatic heterocycles. The number of nitrogens with one attached hydrogen (secondary N) is 1. The molecule has 0 saturated carbocycles. The third-order valence-electron chi connectivity index (χ3n) is 3.58. The van der Waals surface area contributed by atoms with Crippen LogP contribution in [0.4, 0.5) is 5.95 Å². The molecule has 0 bridgehead atoms. The minimum absolute atomic E-state index is 0.0667. The fourth-order valence-electron chi connectivity index (χ4n) is 2.54. The lowest BCUT2D eigenvalue weighted by atomic mass is 10.1. The van der Waals surface area contributed by atoms with E-state index in [-0.39, 0.29) is 11.9 Å². The summed E-state index contributed by atoms with van der Waals surface area (Å²) in [4.78, 5) is 26.8. The predicted molar refractivity (Wildman–Crippen MR) is 84.0 cm³/mol. The highest BCUT2D eigenvalue weighted by Crippen LogP contribution is 2.16. The zero-order valence-corrected chi connectivity index (χ0v) is 12.7. The smallest absolute Gasteiger partial charge is 0.251 e. The Morgan fingerprint density at radius 1 is 1.27 bits per heavy atom. The van der Waals surface area contributed by atoms with Crippen LogP contribution in [0.2, 0.25) is 5.15 Å². The highest BCUT2D eigenvalue weighted by atomic mass is 35.5. The first-order chi connectivity index (χ1) is 10.7. The maximum Gasteiger partial charge on any atom is 0.251 e. The van der Waals surface area contributed by atoms with Crippen molar-refractivity contribution in [3.8, 4) is 0 Å². The van der Waals surface area contributed by atoms with Crippen molar-refractivity contribution in [1.82, 2.24) is 20.3 Å². The van der Waals surface area contributed by atoms with Gasteiger partial charge in [-0.1, -0.05) is 11.6 Å². The first-order valence-corrected chi connectivity index (χ1v) is 7.54. The van der Waals surface area contributed by atoms with E-state index in [1.54, 1.807) is 30.6 Å². The van der Waals surface area contributed by atoms with Gasteiger partial charge in [0.25, 0.3) is 5.91 Å². The Bertz CT molecular complexity index is 651. The Labute approximate surface area is 133 Å². The van der Waals surface area contributed by atoms with E-state index in [0.29, 0.717) is 23.2 Å². The van der Waals surface area contributed by atoms with Gasteiger partial charge in [-0.15, -0.1) is 0 Å². The summed E-state index contributed by atoms with van der Waals surface area (Å²) in [7, 11) is 0. The van der Waals surface area contributed by atoms with Gasteiger partial charge in [0.05, 0.1) is 0 Å². The zero-order chi connectivity index (χ0) is 15.4. The summed E-state index contributed by atoms with van der Waals surface area (Å²) in [5, 5.41) is 3.35. The second-order valence-electron chi connectivity index (χ2n) is 5.17. The molecule has 1 saturated heterocycles. The largest absolute Gasteiger partial charge is 0.348 e. The average Bonchev–Trinajstić information content (AvgIpc) is 2.56. The molecule has 0 aliphatic carbocycles. The monoisotopic (exact) mass is 317 g/mol. The number of piperidine rings is 1. The van der Waals surface area contributed by atoms with Crippen LogP contribution in [0.5, 0.6) is 0 Å². The minimum Gasteiger partial charge on any atom is -0.348 e. The molecule has 3 heterocycles. The van der Waals surface area contributed by atoms with Crippen molar-refractivity contribution in [1.29, 1.82) is 0 Å². The number of hydrogen-bond donors (Lipinski definition) is 1. The van der Waals surface area contributed by atoms with E-state index >= 15 is 0 Å². The predicted octanol–water partition coefficient (Wildman–Crippen LogP) is 1.92. The molecule has 2 aromatic heterocycles. The van der Waals surface area contributed by atoms with Crippen molar-refractivity contribution in [2.75, 3.05) is 18.0 Å². The third kappa shape index (κ3) is 3.51. The Morgan fingerprint density at radius 3 is 2.86 bits per heavy atom. The van der Waals surface area contributed by atoms with Gasteiger partial charge in [0, 0.05) is 43.3 Å². The van der Waals surface area contributed by atoms with Crippen LogP contribution in [0.3, 0.4) is 0 Å². The summed E-state index contributed by atoms with van der Waals surface area (Å²) in [6.45, 7) is 1.60. The van der Waals surface area contributed by atoms with Gasteiger partial charge < -0.3 is 10.2 Å². The van der Waals surface area contributed by atoms with E-state index in [1.807, 2.05) is 0 Å². The molecule has 7 heteroatoms. The van der Waals surface area contributed by atoms with E-state index in [9.17, 15) is 4.79 Å². The number of aromatic nitrogens is 3. The molecule has 1 atom stereocenters. The molecule has 114 valence electrons. The average molecular weight is 318 g/mol. The lowest BCUT2D eigenvalue weighted by Crippen LogP contribution is -2.48. The molecule has 1 aliphatic rings. The molecule has 2 aromatic rings. The number of hydrogen-bond acceptors (Lipinski definition) is 5. The van der Waals surface area contributed by atoms with Gasteiger partial charge >= 0.3 is 0 Å². The van der Waals surface area contributed by atoms with Gasteiger partial charge in [-0.2, -0.15) is 0 Å². The lowest BCUT2D eigenvalue weighted by Gasteiger charge is -2.33. The zero-order valence-electron chi connectivity index (χ0n) is 11.9. The minimum atomic E-state index is -0.134. The molecule has 0 radical (unpaired) electrons. The van der Waals surface area contributed by atoms with Crippen LogP contribution in [-0.4, -0.2) is 40.0 Å². The second kappa shape index (κ2) is 6.70. The van der Waals surface area contributed by atoms with Crippen LogP contribution in [-0.2, 0) is 0 Å². The highest BCUT2D eigenvalue weighted by Gasteiger charge is 2.23. The topological polar surface area (TPSA) is 71.0 Å². The number of amides is 1. The van der Waals surface area contributed by atoms with Crippen molar-refractivity contribution < 1.29 is 4.79 Å². The molecule has 6 nitrogen and oxygen atoms in total. The maximum atomic E-state index is 12.3. The van der Waals surface area contributed by atoms with Crippen LogP contribution >= 0.6 is 11.6 Å². The lowest BCUT2D eigenvalue weighted by molar-refractivity contribution is 0.0933. The number of pyridine rings is 1. The number of rotatable bonds is 3. The number of halogens is 1. The highest BCUT2D eigenvalue weighted by molar-refractivity contribution is 6.29. The summed E-state index contributed by atoms with van der Waals surface area (Å²) in [6.07, 6.45) is 6.91. The van der Waals surface area contributed by atoms with E-state index in [4.69, 9.17) is 11.6 Å². The van der Waals surface area contributed by atoms with Crippen LogP contribution in [0.25, 0.3) is 0 Å². The summed E-state index contributed by atoms with van der Waals surface area (Å²) in [6, 6.07) is 5.08. The van der Waals surface area contributed by atoms with Gasteiger partial charge in [0.1, 0.15) is 5.15 Å². The standard InChI is InChI=1S/C15H16ClN5O/c16-13-9-11(4-7-17-13)14(22)20-12-3-1-8-21(10-12)15-18-5-2-6-19-15/h2,4-7,9,12H,1,3,8,10H2,(H,20,22)/t12-/m0/s1. The molecular formula is C15H16ClN5O. The van der Waals surface area contributed by atoms with E-state index in [1.165, 1.54) is 6.20 Å². The number of nitrogens with zero attached hydrogens (tertiary/aromatic N) is 4. The van der Waals surface area contributed by atoms with Crippen LogP contribution in [0.15, 0.2) is 36.8 Å². The summed E-state index contributed by atoms with van der Waals surface area (Å²) < 4.78 is 0. The van der Waals surface area contributed by atoms with Crippen LogP contribution in [0.1, 0.15) is 23.2 Å². The number of anilines is 1. The normalized spacial score (nSPS) is 18.0. The molecule has 0 unspecified atom stereocenters. The first-order valence-electron chi connectivity index (χ1n) is 7.17. The summed E-state index contributed by atoms with van der Waals surface area (Å²) >= 11 is 5.82. The SMILES string of the molecule is O=C(N[C@H]1CCCN(c2ncccn2)C1)c1ccnc(Cl)c1. The Kier molecular flexibility index (Phi) is 4.48. The van der Waals surface area contributed by atoms with E-state index in [0.717, 1.165) is 19.4 Å². The van der Waals surface area contributed by atoms with Gasteiger partial charge in [0.15, 0.2) is 0 Å². The molecule has 3 rings (SSSR count). The van der Waals surface area contributed by atoms with Crippen molar-refractivity contribution in [2.45, 2.75) is 18.9 Å². The fourth-order valence-corrected chi connectivity index (χ4v) is 2.72. The molecule has 0 aromatic carbocycles. The van der Waals surface area contributed by atoms with Crippen LogP contribution < -0.4 is 10.2 Å². The second-order valence-corrected chi connectivity index (χ2v) is 5.56. The quantitative estimate of drug-likeness (QED) is 0.876. The van der Waals surface area contributed by atoms with E-state index in [2.05, 4.69) is 25.2 Å². The van der Waals surface area contributed by atoms with Crippen LogP contribution in [0, 0.1) is 0 Å². The summed E-state index contributed by atoms with van der Waals surface area (Å²) in [5.41, 5.74) is 0.521. The van der Waals surface area contributed by atoms with Gasteiger partial charge in [-0.3, -0.25) is 4.79 Å². The Morgan fingerprint density at radius 2 is 2.09 bits per heavy atom. The fraction of sp³-hybridized carbons (Fsp3) is 0.333. The Hall–Kier alpha value is -2.21. The van der Waals surface area contributed by atoms with E-state index < -0.39 is 0 Å². The van der Waals surface area contributed by atoms with Crippen molar-refractivity contribution in [2.24, 2.45) is 0 Å². The van der Waals surface area contributed by atoms with Gasteiger partial charge in [-0.25, -0.2) is 15.0 Å². The number of carbonyl (C=O) groups is 1. The number of carbonyl (C=O) groups excluding carboxylic acids is 1. The third-order valence-corrected chi connectivity index (χ3v) is 3.79. The molecule has 1 fully saturated rings. The van der Waals surface area contributed by atoms with Crippen molar-refractivity contribution >= 4 is 23.5 Å². The van der Waals surface area contributed by atoms with Gasteiger partial charge in [0.2, 0.25) is 5.95 Å². The molecule has 22 heavy (non-hydrogen) atoms. The molecule has 1 amide bonds. The first kappa shape index (κ1) is 14.7. The molecule has 0 spiro atoms. The molecular weight excluding hydrogens is 302 g/mol.